The van der Waals surface area contributed by atoms with Gasteiger partial charge in [0.2, 0.25) is 0 Å². The molecule has 1 spiro atoms. The molecular formula is C54H41N. The summed E-state index contributed by atoms with van der Waals surface area (Å²) in [7, 11) is 0. The van der Waals surface area contributed by atoms with E-state index in [4.69, 9.17) is 0 Å². The average Bonchev–Trinajstić information content (AvgIpc) is 3.66. The van der Waals surface area contributed by atoms with E-state index in [1.165, 1.54) is 88.0 Å². The molecule has 0 bridgehead atoms. The van der Waals surface area contributed by atoms with E-state index in [1.54, 1.807) is 0 Å². The van der Waals surface area contributed by atoms with Crippen LogP contribution >= 0.6 is 0 Å². The molecule has 1 unspecified atom stereocenters. The summed E-state index contributed by atoms with van der Waals surface area (Å²) in [5.74, 6) is 0. The Kier molecular flexibility index (Phi) is 6.72. The van der Waals surface area contributed by atoms with Crippen LogP contribution in [0.3, 0.4) is 0 Å². The molecule has 9 aromatic rings. The predicted molar refractivity (Wildman–Crippen MR) is 233 cm³/mol. The van der Waals surface area contributed by atoms with Crippen LogP contribution in [0.1, 0.15) is 54.2 Å². The second-order valence-corrected chi connectivity index (χ2v) is 16.6. The summed E-state index contributed by atoms with van der Waals surface area (Å²) in [4.78, 5) is 2.43. The van der Waals surface area contributed by atoms with Crippen molar-refractivity contribution in [2.45, 2.75) is 38.5 Å². The molecule has 0 amide bonds. The molecule has 55 heavy (non-hydrogen) atoms. The quantitative estimate of drug-likeness (QED) is 0.166. The van der Waals surface area contributed by atoms with Crippen molar-refractivity contribution in [3.8, 4) is 22.3 Å². The zero-order valence-electron chi connectivity index (χ0n) is 31.7. The standard InChI is InChI=1S/C54H41N/c1-34-22-28-44-45-29-27-38(55(36-14-6-5-7-15-36)37-25-23-35(24-26-37)53(2,3)4)31-51(45)54(50(44)30-34)49-21-13-12-20-43(49)48-32-46-41-18-10-8-16-39(41)40-17-9-11-19-42(40)47(46)33-52(48)54/h5-33H,1-4H3. The minimum Gasteiger partial charge on any atom is -0.310 e. The highest BCUT2D eigenvalue weighted by Crippen LogP contribution is 2.64. The van der Waals surface area contributed by atoms with Gasteiger partial charge in [-0.05, 0) is 143 Å². The van der Waals surface area contributed by atoms with Gasteiger partial charge in [0.25, 0.3) is 0 Å². The molecule has 0 aliphatic heterocycles. The maximum Gasteiger partial charge on any atom is 0.0726 e. The van der Waals surface area contributed by atoms with Gasteiger partial charge in [-0.3, -0.25) is 0 Å². The number of fused-ring (bicyclic) bond motifs is 16. The number of rotatable bonds is 3. The smallest absolute Gasteiger partial charge is 0.0726 e. The Labute approximate surface area is 323 Å². The second-order valence-electron chi connectivity index (χ2n) is 16.6. The summed E-state index contributed by atoms with van der Waals surface area (Å²) >= 11 is 0. The topological polar surface area (TPSA) is 3.24 Å². The Morgan fingerprint density at radius 3 is 1.53 bits per heavy atom. The van der Waals surface area contributed by atoms with Crippen molar-refractivity contribution in [3.63, 3.8) is 0 Å². The van der Waals surface area contributed by atoms with Gasteiger partial charge in [0.1, 0.15) is 0 Å². The van der Waals surface area contributed by atoms with Crippen LogP contribution in [-0.2, 0) is 10.8 Å². The number of aryl methyl sites for hydroxylation is 1. The van der Waals surface area contributed by atoms with Gasteiger partial charge in [0.05, 0.1) is 5.41 Å². The number of hydrogen-bond donors (Lipinski definition) is 0. The lowest BCUT2D eigenvalue weighted by molar-refractivity contribution is 0.590. The predicted octanol–water partition coefficient (Wildman–Crippen LogP) is 14.6. The zero-order chi connectivity index (χ0) is 37.1. The molecule has 0 heterocycles. The van der Waals surface area contributed by atoms with Gasteiger partial charge in [0.15, 0.2) is 0 Å². The first-order chi connectivity index (χ1) is 26.8. The van der Waals surface area contributed by atoms with Gasteiger partial charge in [-0.25, -0.2) is 0 Å². The van der Waals surface area contributed by atoms with Crippen LogP contribution in [-0.4, -0.2) is 0 Å². The molecule has 1 heteroatoms. The minimum atomic E-state index is -0.488. The van der Waals surface area contributed by atoms with Crippen LogP contribution in [0.4, 0.5) is 17.1 Å². The van der Waals surface area contributed by atoms with E-state index < -0.39 is 5.41 Å². The summed E-state index contributed by atoms with van der Waals surface area (Å²) in [6.07, 6.45) is 0. The lowest BCUT2D eigenvalue weighted by atomic mass is 9.70. The van der Waals surface area contributed by atoms with Crippen molar-refractivity contribution in [2.75, 3.05) is 4.90 Å². The molecule has 11 rings (SSSR count). The van der Waals surface area contributed by atoms with Crippen molar-refractivity contribution in [3.05, 3.63) is 209 Å². The molecule has 0 aromatic heterocycles. The van der Waals surface area contributed by atoms with E-state index >= 15 is 0 Å². The molecule has 2 aliphatic carbocycles. The number of para-hydroxylation sites is 1. The molecule has 0 fully saturated rings. The van der Waals surface area contributed by atoms with Gasteiger partial charge in [-0.15, -0.1) is 0 Å². The third-order valence-electron chi connectivity index (χ3n) is 12.4. The first-order valence-electron chi connectivity index (χ1n) is 19.5. The molecule has 0 saturated carbocycles. The van der Waals surface area contributed by atoms with Crippen molar-refractivity contribution in [1.82, 2.24) is 0 Å². The number of hydrogen-bond acceptors (Lipinski definition) is 1. The summed E-state index contributed by atoms with van der Waals surface area (Å²) < 4.78 is 0. The number of nitrogens with zero attached hydrogens (tertiary/aromatic N) is 1. The Balaban J connectivity index is 1.24. The van der Waals surface area contributed by atoms with E-state index in [-0.39, 0.29) is 5.41 Å². The first kappa shape index (κ1) is 32.0. The fourth-order valence-electron chi connectivity index (χ4n) is 9.95. The average molecular weight is 704 g/mol. The van der Waals surface area contributed by atoms with Crippen LogP contribution in [0, 0.1) is 6.92 Å². The SMILES string of the molecule is Cc1ccc2c(c1)C1(c3ccccc3-c3cc4c5ccccc5c5ccccc5c4cc31)c1cc(N(c3ccccc3)c3ccc(C(C)(C)C)cc3)ccc1-2. The van der Waals surface area contributed by atoms with Crippen LogP contribution in [0.5, 0.6) is 0 Å². The van der Waals surface area contributed by atoms with Crippen molar-refractivity contribution < 1.29 is 0 Å². The van der Waals surface area contributed by atoms with E-state index in [9.17, 15) is 0 Å². The molecule has 1 atom stereocenters. The molecule has 262 valence electrons. The Bertz CT molecular complexity index is 3020. The van der Waals surface area contributed by atoms with Gasteiger partial charge in [-0.1, -0.05) is 154 Å². The summed E-state index contributed by atoms with van der Waals surface area (Å²) in [5, 5.41) is 7.83. The lowest BCUT2D eigenvalue weighted by Gasteiger charge is -2.32. The largest absolute Gasteiger partial charge is 0.310 e. The summed E-state index contributed by atoms with van der Waals surface area (Å²) in [5.41, 5.74) is 16.3. The van der Waals surface area contributed by atoms with Crippen molar-refractivity contribution in [1.29, 1.82) is 0 Å². The molecule has 0 radical (unpaired) electrons. The van der Waals surface area contributed by atoms with Gasteiger partial charge in [-0.2, -0.15) is 0 Å². The number of benzene rings is 9. The molecule has 0 N–H and O–H groups in total. The Hall–Kier alpha value is -6.44. The van der Waals surface area contributed by atoms with Crippen LogP contribution < -0.4 is 4.90 Å². The Morgan fingerprint density at radius 1 is 0.364 bits per heavy atom. The minimum absolute atomic E-state index is 0.0744. The normalized spacial score (nSPS) is 15.3. The molecule has 0 saturated heterocycles. The highest BCUT2D eigenvalue weighted by molar-refractivity contribution is 6.26. The first-order valence-corrected chi connectivity index (χ1v) is 19.5. The van der Waals surface area contributed by atoms with E-state index in [0.29, 0.717) is 0 Å². The lowest BCUT2D eigenvalue weighted by Crippen LogP contribution is -2.26. The second kappa shape index (κ2) is 11.5. The van der Waals surface area contributed by atoms with Gasteiger partial charge >= 0.3 is 0 Å². The molecule has 2 aliphatic rings. The highest BCUT2D eigenvalue weighted by Gasteiger charge is 2.52. The monoisotopic (exact) mass is 703 g/mol. The summed E-state index contributed by atoms with van der Waals surface area (Å²) in [6.45, 7) is 9.08. The maximum atomic E-state index is 2.56. The highest BCUT2D eigenvalue weighted by atomic mass is 15.1. The third-order valence-corrected chi connectivity index (χ3v) is 12.4. The van der Waals surface area contributed by atoms with Crippen LogP contribution in [0.2, 0.25) is 0 Å². The third kappa shape index (κ3) is 4.47. The fourth-order valence-corrected chi connectivity index (χ4v) is 9.95. The van der Waals surface area contributed by atoms with Crippen LogP contribution in [0.25, 0.3) is 54.6 Å². The van der Waals surface area contributed by atoms with Crippen LogP contribution in [0.15, 0.2) is 176 Å². The Morgan fingerprint density at radius 2 is 0.855 bits per heavy atom. The van der Waals surface area contributed by atoms with E-state index in [0.717, 1.165) is 17.1 Å². The fraction of sp³-hybridized carbons (Fsp3) is 0.111. The van der Waals surface area contributed by atoms with E-state index in [1.807, 2.05) is 0 Å². The number of anilines is 3. The molecule has 1 nitrogen and oxygen atoms in total. The molecule has 9 aromatic carbocycles. The van der Waals surface area contributed by atoms with Gasteiger partial charge in [0, 0.05) is 17.1 Å². The van der Waals surface area contributed by atoms with Crippen molar-refractivity contribution in [2.24, 2.45) is 0 Å². The van der Waals surface area contributed by atoms with Crippen molar-refractivity contribution >= 4 is 49.4 Å². The van der Waals surface area contributed by atoms with E-state index in [2.05, 4.69) is 209 Å². The maximum absolute atomic E-state index is 2.56. The molecular weight excluding hydrogens is 663 g/mol. The van der Waals surface area contributed by atoms with Gasteiger partial charge < -0.3 is 4.90 Å². The summed E-state index contributed by atoms with van der Waals surface area (Å²) in [6, 6.07) is 66.5. The zero-order valence-corrected chi connectivity index (χ0v) is 31.7.